The van der Waals surface area contributed by atoms with Gasteiger partial charge in [-0.3, -0.25) is 0 Å². The Morgan fingerprint density at radius 1 is 1.88 bits per heavy atom. The maximum absolute atomic E-state index is 8.52. The van der Waals surface area contributed by atoms with Gasteiger partial charge in [0.05, 0.1) is 6.10 Å². The highest BCUT2D eigenvalue weighted by atomic mass is 16.6. The smallest absolute Gasteiger partial charge is 0.269 e. The van der Waals surface area contributed by atoms with Crippen LogP contribution in [0.2, 0.25) is 0 Å². The first-order valence-electron chi connectivity index (χ1n) is 2.31. The zero-order valence-electron chi connectivity index (χ0n) is 4.79. The van der Waals surface area contributed by atoms with E-state index >= 15 is 0 Å². The molecule has 48 valence electrons. The molecule has 0 saturated heterocycles. The fraction of sp³-hybridized carbons (Fsp3) is 0.600. The van der Waals surface area contributed by atoms with E-state index in [4.69, 9.17) is 10.2 Å². The van der Waals surface area contributed by atoms with E-state index in [0.717, 1.165) is 0 Å². The lowest BCUT2D eigenvalue weighted by molar-refractivity contribution is 0.0326. The second-order valence-corrected chi connectivity index (χ2v) is 1.55. The van der Waals surface area contributed by atoms with Crippen molar-refractivity contribution in [2.24, 2.45) is 0 Å². The summed E-state index contributed by atoms with van der Waals surface area (Å²) in [6, 6.07) is 0. The van der Waals surface area contributed by atoms with Crippen LogP contribution in [0.25, 0.3) is 0 Å². The van der Waals surface area contributed by atoms with E-state index in [1.54, 1.807) is 6.92 Å². The highest BCUT2D eigenvalue weighted by molar-refractivity contribution is 4.62. The summed E-state index contributed by atoms with van der Waals surface area (Å²) in [5.74, 6) is -0.356. The molecule has 0 fully saturated rings. The number of aliphatic hydroxyl groups excluding tert-OH is 2. The average Bonchev–Trinajstić information content (AvgIpc) is 1.61. The highest BCUT2D eigenvalue weighted by Crippen LogP contribution is 1.88. The van der Waals surface area contributed by atoms with Crippen LogP contribution in [0.15, 0.2) is 12.5 Å². The molecule has 1 atom stereocenters. The Balaban J connectivity index is 3.05. The van der Waals surface area contributed by atoms with Crippen molar-refractivity contribution < 1.29 is 14.9 Å². The summed E-state index contributed by atoms with van der Waals surface area (Å²) in [6.45, 7) is 4.70. The lowest BCUT2D eigenvalue weighted by Crippen LogP contribution is -2.09. The van der Waals surface area contributed by atoms with Crippen LogP contribution in [0.3, 0.4) is 0 Å². The summed E-state index contributed by atoms with van der Waals surface area (Å²) >= 11 is 0. The van der Waals surface area contributed by atoms with Gasteiger partial charge in [-0.2, -0.15) is 0 Å². The first kappa shape index (κ1) is 7.30. The topological polar surface area (TPSA) is 49.7 Å². The number of hydrogen-bond donors (Lipinski definition) is 2. The fourth-order valence-corrected chi connectivity index (χ4v) is 0.217. The molecule has 0 aromatic carbocycles. The van der Waals surface area contributed by atoms with Crippen molar-refractivity contribution in [1.82, 2.24) is 0 Å². The van der Waals surface area contributed by atoms with E-state index in [1.165, 1.54) is 0 Å². The standard InChI is InChI=1S/C5H10O3/c1-4(6)3-8-5(2)7/h4,6-7H,2-3H2,1H3. The third-order valence-electron chi connectivity index (χ3n) is 0.491. The summed E-state index contributed by atoms with van der Waals surface area (Å²) in [5.41, 5.74) is 0. The van der Waals surface area contributed by atoms with Crippen LogP contribution < -0.4 is 0 Å². The predicted octanol–water partition coefficient (Wildman–Crippen LogP) is 0.413. The van der Waals surface area contributed by atoms with Gasteiger partial charge in [-0.15, -0.1) is 0 Å². The van der Waals surface area contributed by atoms with Crippen molar-refractivity contribution in [3.63, 3.8) is 0 Å². The molecule has 3 heteroatoms. The monoisotopic (exact) mass is 118 g/mol. The minimum absolute atomic E-state index is 0.0926. The van der Waals surface area contributed by atoms with Gasteiger partial charge >= 0.3 is 0 Å². The van der Waals surface area contributed by atoms with E-state index < -0.39 is 6.10 Å². The van der Waals surface area contributed by atoms with E-state index in [9.17, 15) is 0 Å². The Labute approximate surface area is 48.2 Å². The highest BCUT2D eigenvalue weighted by Gasteiger charge is 1.94. The Morgan fingerprint density at radius 2 is 2.38 bits per heavy atom. The Bertz CT molecular complexity index is 77.7. The van der Waals surface area contributed by atoms with E-state index in [0.29, 0.717) is 0 Å². The van der Waals surface area contributed by atoms with Crippen molar-refractivity contribution in [3.05, 3.63) is 12.5 Å². The van der Waals surface area contributed by atoms with Crippen molar-refractivity contribution in [1.29, 1.82) is 0 Å². The molecule has 0 bridgehead atoms. The maximum atomic E-state index is 8.52. The number of aliphatic hydroxyl groups is 2. The van der Waals surface area contributed by atoms with Crippen molar-refractivity contribution >= 4 is 0 Å². The van der Waals surface area contributed by atoms with Crippen molar-refractivity contribution in [3.8, 4) is 0 Å². The molecule has 3 nitrogen and oxygen atoms in total. The van der Waals surface area contributed by atoms with Crippen molar-refractivity contribution in [2.45, 2.75) is 13.0 Å². The molecule has 0 heterocycles. The first-order chi connectivity index (χ1) is 3.63. The molecule has 0 aromatic rings. The van der Waals surface area contributed by atoms with Gasteiger partial charge in [-0.05, 0) is 13.5 Å². The van der Waals surface area contributed by atoms with Gasteiger partial charge in [0.25, 0.3) is 5.95 Å². The predicted molar refractivity (Wildman–Crippen MR) is 29.4 cm³/mol. The van der Waals surface area contributed by atoms with Crippen LogP contribution in [-0.4, -0.2) is 22.9 Å². The quantitative estimate of drug-likeness (QED) is 0.528. The van der Waals surface area contributed by atoms with Crippen LogP contribution in [0, 0.1) is 0 Å². The lowest BCUT2D eigenvalue weighted by atomic mass is 10.4. The molecule has 2 N–H and O–H groups in total. The van der Waals surface area contributed by atoms with Gasteiger partial charge in [0, 0.05) is 0 Å². The molecule has 0 amide bonds. The number of rotatable bonds is 3. The fourth-order valence-electron chi connectivity index (χ4n) is 0.217. The summed E-state index contributed by atoms with van der Waals surface area (Å²) in [4.78, 5) is 0. The zero-order valence-corrected chi connectivity index (χ0v) is 4.79. The SMILES string of the molecule is C=C(O)OCC(C)O. The van der Waals surface area contributed by atoms with Crippen LogP contribution in [-0.2, 0) is 4.74 Å². The molecule has 0 rings (SSSR count). The van der Waals surface area contributed by atoms with E-state index in [1.807, 2.05) is 0 Å². The minimum Gasteiger partial charge on any atom is -0.481 e. The third-order valence-corrected chi connectivity index (χ3v) is 0.491. The van der Waals surface area contributed by atoms with Gasteiger partial charge in [0.15, 0.2) is 0 Å². The molecule has 0 spiro atoms. The zero-order chi connectivity index (χ0) is 6.57. The Kier molecular flexibility index (Phi) is 3.03. The first-order valence-corrected chi connectivity index (χ1v) is 2.31. The van der Waals surface area contributed by atoms with Crippen LogP contribution in [0.5, 0.6) is 0 Å². The van der Waals surface area contributed by atoms with Crippen LogP contribution >= 0.6 is 0 Å². The van der Waals surface area contributed by atoms with Gasteiger partial charge < -0.3 is 14.9 Å². The molecular weight excluding hydrogens is 108 g/mol. The Morgan fingerprint density at radius 3 is 2.50 bits per heavy atom. The molecule has 0 radical (unpaired) electrons. The second kappa shape index (κ2) is 3.32. The molecule has 0 aliphatic carbocycles. The molecule has 1 unspecified atom stereocenters. The normalized spacial score (nSPS) is 12.8. The molecule has 8 heavy (non-hydrogen) atoms. The van der Waals surface area contributed by atoms with Gasteiger partial charge in [0.2, 0.25) is 0 Å². The molecule has 0 aromatic heterocycles. The number of hydrogen-bond acceptors (Lipinski definition) is 3. The largest absolute Gasteiger partial charge is 0.481 e. The molecule has 0 saturated carbocycles. The molecule has 0 aliphatic heterocycles. The van der Waals surface area contributed by atoms with Crippen LogP contribution in [0.1, 0.15) is 6.92 Å². The summed E-state index contributed by atoms with van der Waals surface area (Å²) in [5, 5.41) is 16.8. The van der Waals surface area contributed by atoms with Crippen molar-refractivity contribution in [2.75, 3.05) is 6.61 Å². The van der Waals surface area contributed by atoms with Gasteiger partial charge in [-0.1, -0.05) is 0 Å². The summed E-state index contributed by atoms with van der Waals surface area (Å²) in [7, 11) is 0. The third kappa shape index (κ3) is 5.30. The lowest BCUT2D eigenvalue weighted by Gasteiger charge is -2.03. The summed E-state index contributed by atoms with van der Waals surface area (Å²) in [6.07, 6.45) is -0.557. The minimum atomic E-state index is -0.557. The second-order valence-electron chi connectivity index (χ2n) is 1.55. The number of ether oxygens (including phenoxy) is 1. The average molecular weight is 118 g/mol. The van der Waals surface area contributed by atoms with Gasteiger partial charge in [0.1, 0.15) is 6.61 Å². The van der Waals surface area contributed by atoms with Gasteiger partial charge in [-0.25, -0.2) is 0 Å². The summed E-state index contributed by atoms with van der Waals surface area (Å²) < 4.78 is 4.41. The molecular formula is C5H10O3. The maximum Gasteiger partial charge on any atom is 0.269 e. The van der Waals surface area contributed by atoms with E-state index in [-0.39, 0.29) is 12.6 Å². The van der Waals surface area contributed by atoms with E-state index in [2.05, 4.69) is 11.3 Å². The molecule has 0 aliphatic rings. The Hall–Kier alpha value is -0.700. The van der Waals surface area contributed by atoms with Crippen LogP contribution in [0.4, 0.5) is 0 Å².